The van der Waals surface area contributed by atoms with Crippen LogP contribution in [0.25, 0.3) is 0 Å². The minimum atomic E-state index is -1.43. The third kappa shape index (κ3) is 3.80. The number of carbonyl (C=O) groups excluding carboxylic acids is 4. The number of hydroxylamine groups is 2. The summed E-state index contributed by atoms with van der Waals surface area (Å²) in [4.78, 5) is 74.4. The summed E-state index contributed by atoms with van der Waals surface area (Å²) in [6, 6.07) is 7.11. The van der Waals surface area contributed by atoms with E-state index in [1.807, 2.05) is 0 Å². The average molecular weight is 467 g/mol. The fourth-order valence-electron chi connectivity index (χ4n) is 3.91. The summed E-state index contributed by atoms with van der Waals surface area (Å²) in [7, 11) is 0. The van der Waals surface area contributed by atoms with E-state index in [0.717, 1.165) is 9.80 Å². The summed E-state index contributed by atoms with van der Waals surface area (Å²) in [5, 5.41) is 29.1. The zero-order valence-electron chi connectivity index (χ0n) is 17.3. The van der Waals surface area contributed by atoms with Gasteiger partial charge in [0.25, 0.3) is 11.8 Å². The van der Waals surface area contributed by atoms with Crippen molar-refractivity contribution in [1.29, 1.82) is 0 Å². The van der Waals surface area contributed by atoms with Crippen molar-refractivity contribution in [1.82, 2.24) is 5.06 Å². The second kappa shape index (κ2) is 8.50. The van der Waals surface area contributed by atoms with E-state index in [4.69, 9.17) is 10.2 Å². The number of anilines is 2. The largest absolute Gasteiger partial charge is 0.478 e. The lowest BCUT2D eigenvalue weighted by Crippen LogP contribution is -2.49. The summed E-state index contributed by atoms with van der Waals surface area (Å²) < 4.78 is 0. The number of carboxylic acids is 2. The second-order valence-corrected chi connectivity index (χ2v) is 7.66. The topological polar surface area (TPSA) is 173 Å². The molecule has 2 fully saturated rings. The Balaban J connectivity index is 1.53. The number of carbonyl (C=O) groups is 6. The minimum Gasteiger partial charge on any atom is -0.478 e. The fraction of sp³-hybridized carbons (Fsp3) is 0.182. The molecule has 12 heteroatoms. The van der Waals surface area contributed by atoms with E-state index in [2.05, 4.69) is 0 Å². The molecule has 2 aromatic carbocycles. The van der Waals surface area contributed by atoms with Crippen LogP contribution in [0, 0.1) is 0 Å². The Labute approximate surface area is 191 Å². The molecule has 2 heterocycles. The first-order chi connectivity index (χ1) is 16.1. The number of aromatic carboxylic acids is 2. The number of benzene rings is 2. The smallest absolute Gasteiger partial charge is 0.335 e. The van der Waals surface area contributed by atoms with Gasteiger partial charge in [0.2, 0.25) is 11.8 Å². The van der Waals surface area contributed by atoms with Crippen LogP contribution in [0.3, 0.4) is 0 Å². The van der Waals surface area contributed by atoms with Crippen LogP contribution in [-0.2, 0) is 19.2 Å². The van der Waals surface area contributed by atoms with Gasteiger partial charge in [0.1, 0.15) is 12.1 Å². The highest BCUT2D eigenvalue weighted by Crippen LogP contribution is 2.31. The fourth-order valence-corrected chi connectivity index (χ4v) is 3.91. The molecule has 2 saturated heterocycles. The van der Waals surface area contributed by atoms with E-state index in [1.54, 1.807) is 0 Å². The third-order valence-electron chi connectivity index (χ3n) is 5.63. The molecule has 2 aliphatic rings. The number of imide groups is 2. The molecule has 2 aliphatic heterocycles. The first-order valence-electron chi connectivity index (χ1n) is 9.97. The molecule has 2 atom stereocenters. The van der Waals surface area contributed by atoms with Crippen LogP contribution >= 0.6 is 0 Å². The van der Waals surface area contributed by atoms with Crippen LogP contribution in [0.5, 0.6) is 0 Å². The Morgan fingerprint density at radius 2 is 1.00 bits per heavy atom. The van der Waals surface area contributed by atoms with Gasteiger partial charge < -0.3 is 15.4 Å². The van der Waals surface area contributed by atoms with E-state index in [0.29, 0.717) is 5.06 Å². The predicted molar refractivity (Wildman–Crippen MR) is 112 cm³/mol. The highest BCUT2D eigenvalue weighted by atomic mass is 16.5. The second-order valence-electron chi connectivity index (χ2n) is 7.66. The first-order valence-corrected chi connectivity index (χ1v) is 9.97. The van der Waals surface area contributed by atoms with E-state index < -0.39 is 60.5 Å². The van der Waals surface area contributed by atoms with Gasteiger partial charge in [0, 0.05) is 0 Å². The summed E-state index contributed by atoms with van der Waals surface area (Å²) in [5.41, 5.74) is 0.110. The molecule has 4 rings (SSSR count). The van der Waals surface area contributed by atoms with Crippen molar-refractivity contribution in [2.24, 2.45) is 0 Å². The van der Waals surface area contributed by atoms with Crippen molar-refractivity contribution < 1.29 is 44.2 Å². The van der Waals surface area contributed by atoms with E-state index >= 15 is 0 Å². The number of hydrogen-bond donors (Lipinski definition) is 3. The van der Waals surface area contributed by atoms with Gasteiger partial charge in [0.15, 0.2) is 0 Å². The Morgan fingerprint density at radius 1 is 0.676 bits per heavy atom. The normalized spacial score (nSPS) is 20.5. The quantitative estimate of drug-likeness (QED) is 0.406. The van der Waals surface area contributed by atoms with Crippen molar-refractivity contribution in [3.8, 4) is 0 Å². The molecule has 12 nitrogen and oxygen atoms in total. The minimum absolute atomic E-state index is 0.0466. The molecule has 0 radical (unpaired) electrons. The van der Waals surface area contributed by atoms with Crippen LogP contribution in [0.1, 0.15) is 33.6 Å². The van der Waals surface area contributed by atoms with Crippen LogP contribution in [0.2, 0.25) is 0 Å². The molecular weight excluding hydrogens is 450 g/mol. The Hall–Kier alpha value is -4.42. The Bertz CT molecular complexity index is 1130. The molecule has 3 N–H and O–H groups in total. The molecular formula is C22H17N3O9. The monoisotopic (exact) mass is 467 g/mol. The molecule has 0 aliphatic carbocycles. The van der Waals surface area contributed by atoms with E-state index in [9.17, 15) is 34.0 Å². The van der Waals surface area contributed by atoms with E-state index in [-0.39, 0.29) is 22.5 Å². The van der Waals surface area contributed by atoms with Crippen molar-refractivity contribution in [2.45, 2.75) is 24.9 Å². The highest BCUT2D eigenvalue weighted by Gasteiger charge is 2.50. The van der Waals surface area contributed by atoms with Gasteiger partial charge in [-0.25, -0.2) is 19.4 Å². The molecule has 0 saturated carbocycles. The summed E-state index contributed by atoms with van der Waals surface area (Å²) in [5.74, 6) is -5.38. The maximum atomic E-state index is 12.9. The first kappa shape index (κ1) is 22.8. The molecule has 34 heavy (non-hydrogen) atoms. The third-order valence-corrected chi connectivity index (χ3v) is 5.63. The molecule has 0 spiro atoms. The van der Waals surface area contributed by atoms with Crippen LogP contribution < -0.4 is 9.80 Å². The number of carboxylic acid groups (broad SMARTS) is 2. The molecule has 2 unspecified atom stereocenters. The number of nitrogens with zero attached hydrogens (tertiary/aromatic N) is 3. The maximum absolute atomic E-state index is 12.9. The van der Waals surface area contributed by atoms with Crippen molar-refractivity contribution >= 4 is 46.9 Å². The lowest BCUT2D eigenvalue weighted by Gasteiger charge is -2.25. The molecule has 2 aromatic rings. The summed E-state index contributed by atoms with van der Waals surface area (Å²) in [6.07, 6.45) is -0.914. The number of rotatable bonds is 6. The van der Waals surface area contributed by atoms with Crippen LogP contribution in [-0.4, -0.2) is 68.1 Å². The number of hydrogen-bond acceptors (Lipinski definition) is 8. The molecule has 4 amide bonds. The van der Waals surface area contributed by atoms with Gasteiger partial charge in [-0.15, -0.1) is 0 Å². The predicted octanol–water partition coefficient (Wildman–Crippen LogP) is 0.738. The van der Waals surface area contributed by atoms with Gasteiger partial charge in [0.05, 0.1) is 35.3 Å². The molecule has 0 aromatic heterocycles. The standard InChI is InChI=1S/C22H17N3O9/c26-17-9-15(19(28)23(17)13-5-1-11(2-6-13)21(30)31)25(34)16-10-18(27)24(20(16)29)14-7-3-12(4-8-14)22(32)33/h1-8,15-16,34H,9-10H2,(H,30,31)(H,32,33). The molecule has 0 bridgehead atoms. The molecule has 174 valence electrons. The average Bonchev–Trinajstić information content (AvgIpc) is 3.27. The summed E-state index contributed by atoms with van der Waals surface area (Å²) in [6.45, 7) is 0. The summed E-state index contributed by atoms with van der Waals surface area (Å²) >= 11 is 0. The number of amides is 4. The zero-order valence-corrected chi connectivity index (χ0v) is 17.3. The maximum Gasteiger partial charge on any atom is 0.335 e. The van der Waals surface area contributed by atoms with Gasteiger partial charge in [-0.3, -0.25) is 19.2 Å². The van der Waals surface area contributed by atoms with Crippen molar-refractivity contribution in [2.75, 3.05) is 9.80 Å². The lowest BCUT2D eigenvalue weighted by molar-refractivity contribution is -0.172. The Morgan fingerprint density at radius 3 is 1.29 bits per heavy atom. The van der Waals surface area contributed by atoms with Gasteiger partial charge >= 0.3 is 11.9 Å². The van der Waals surface area contributed by atoms with Crippen molar-refractivity contribution in [3.63, 3.8) is 0 Å². The SMILES string of the molecule is O=C(O)c1ccc(N2C(=O)CC(N(O)C3CC(=O)N(c4ccc(C(=O)O)cc4)C3=O)C2=O)cc1. The van der Waals surface area contributed by atoms with Gasteiger partial charge in [-0.05, 0) is 48.5 Å². The zero-order chi connectivity index (χ0) is 24.7. The lowest BCUT2D eigenvalue weighted by atomic mass is 10.1. The van der Waals surface area contributed by atoms with E-state index in [1.165, 1.54) is 48.5 Å². The highest BCUT2D eigenvalue weighted by molar-refractivity contribution is 6.24. The van der Waals surface area contributed by atoms with Gasteiger partial charge in [-0.1, -0.05) is 0 Å². The Kier molecular flexibility index (Phi) is 5.69. The van der Waals surface area contributed by atoms with Crippen molar-refractivity contribution in [3.05, 3.63) is 59.7 Å². The van der Waals surface area contributed by atoms with Crippen LogP contribution in [0.4, 0.5) is 11.4 Å². The van der Waals surface area contributed by atoms with Crippen LogP contribution in [0.15, 0.2) is 48.5 Å². The van der Waals surface area contributed by atoms with Gasteiger partial charge in [-0.2, -0.15) is 5.06 Å².